The molecule has 120 valence electrons. The Morgan fingerprint density at radius 2 is 1.48 bits per heavy atom. The van der Waals surface area contributed by atoms with Gasteiger partial charge in [0.2, 0.25) is 0 Å². The molecule has 0 radical (unpaired) electrons. The van der Waals surface area contributed by atoms with E-state index in [-0.39, 0.29) is 0 Å². The molecule has 2 heteroatoms. The second-order valence-corrected chi connectivity index (χ2v) is 8.42. The molecule has 0 amide bonds. The van der Waals surface area contributed by atoms with Gasteiger partial charge in [-0.3, -0.25) is 4.90 Å². The number of nitrogens with zero attached hydrogens (tertiary/aromatic N) is 1. The summed E-state index contributed by atoms with van der Waals surface area (Å²) in [4.78, 5) is 2.95. The molecular formula is C19H34N2. The van der Waals surface area contributed by atoms with Crippen LogP contribution in [-0.4, -0.2) is 36.6 Å². The molecule has 1 heterocycles. The minimum atomic E-state index is 0.807. The summed E-state index contributed by atoms with van der Waals surface area (Å²) in [5.41, 5.74) is 0. The van der Waals surface area contributed by atoms with Crippen LogP contribution in [0.3, 0.4) is 0 Å². The second kappa shape index (κ2) is 6.58. The van der Waals surface area contributed by atoms with Crippen molar-refractivity contribution in [2.75, 3.05) is 19.6 Å². The number of piperazine rings is 1. The van der Waals surface area contributed by atoms with Crippen LogP contribution >= 0.6 is 0 Å². The Balaban J connectivity index is 1.38. The van der Waals surface area contributed by atoms with Crippen LogP contribution in [0.1, 0.15) is 70.6 Å². The van der Waals surface area contributed by atoms with Gasteiger partial charge in [0.15, 0.2) is 0 Å². The van der Waals surface area contributed by atoms with Crippen LogP contribution in [0, 0.1) is 17.8 Å². The van der Waals surface area contributed by atoms with Crippen molar-refractivity contribution >= 4 is 0 Å². The Hall–Kier alpha value is -0.0800. The molecule has 2 atom stereocenters. The van der Waals surface area contributed by atoms with Crippen molar-refractivity contribution in [2.45, 2.75) is 82.7 Å². The smallest absolute Gasteiger partial charge is 0.0249 e. The molecular weight excluding hydrogens is 256 g/mol. The fourth-order valence-electron chi connectivity index (χ4n) is 5.39. The van der Waals surface area contributed by atoms with Crippen LogP contribution in [0.4, 0.5) is 0 Å². The molecule has 2 nitrogen and oxygen atoms in total. The summed E-state index contributed by atoms with van der Waals surface area (Å²) in [7, 11) is 0. The molecule has 21 heavy (non-hydrogen) atoms. The third-order valence-electron chi connectivity index (χ3n) is 6.84. The lowest BCUT2D eigenvalue weighted by Gasteiger charge is -2.45. The van der Waals surface area contributed by atoms with E-state index in [4.69, 9.17) is 0 Å². The van der Waals surface area contributed by atoms with E-state index in [1.54, 1.807) is 0 Å². The average Bonchev–Trinajstić information content (AvgIpc) is 3.25. The molecule has 4 aliphatic rings. The van der Waals surface area contributed by atoms with Crippen LogP contribution in [0.5, 0.6) is 0 Å². The largest absolute Gasteiger partial charge is 0.311 e. The maximum Gasteiger partial charge on any atom is 0.0249 e. The topological polar surface area (TPSA) is 15.3 Å². The molecule has 0 aromatic rings. The van der Waals surface area contributed by atoms with Gasteiger partial charge in [-0.2, -0.15) is 0 Å². The van der Waals surface area contributed by atoms with Crippen LogP contribution in [0.2, 0.25) is 0 Å². The highest BCUT2D eigenvalue weighted by Crippen LogP contribution is 2.39. The summed E-state index contributed by atoms with van der Waals surface area (Å²) in [5, 5.41) is 3.97. The minimum absolute atomic E-state index is 0.807. The molecule has 1 aliphatic heterocycles. The maximum atomic E-state index is 3.97. The summed E-state index contributed by atoms with van der Waals surface area (Å²) in [6.07, 6.45) is 16.4. The second-order valence-electron chi connectivity index (χ2n) is 8.42. The van der Waals surface area contributed by atoms with Gasteiger partial charge in [0.25, 0.3) is 0 Å². The van der Waals surface area contributed by atoms with Gasteiger partial charge in [-0.25, -0.2) is 0 Å². The van der Waals surface area contributed by atoms with Gasteiger partial charge in [0.05, 0.1) is 0 Å². The van der Waals surface area contributed by atoms with Gasteiger partial charge in [-0.15, -0.1) is 0 Å². The normalized spacial score (nSPS) is 37.1. The third-order valence-corrected chi connectivity index (χ3v) is 6.84. The average molecular weight is 290 g/mol. The number of nitrogens with one attached hydrogen (secondary N) is 1. The van der Waals surface area contributed by atoms with Crippen molar-refractivity contribution in [3.63, 3.8) is 0 Å². The molecule has 0 spiro atoms. The quantitative estimate of drug-likeness (QED) is 0.847. The van der Waals surface area contributed by atoms with Gasteiger partial charge in [-0.1, -0.05) is 32.1 Å². The van der Waals surface area contributed by atoms with Crippen LogP contribution in [-0.2, 0) is 0 Å². The molecule has 3 saturated carbocycles. The molecule has 0 bridgehead atoms. The predicted octanol–water partition coefficient (Wildman–Crippen LogP) is 3.81. The summed E-state index contributed by atoms with van der Waals surface area (Å²) in [5.74, 6) is 3.03. The fraction of sp³-hybridized carbons (Fsp3) is 1.00. The Bertz CT molecular complexity index is 326. The number of hydrogen-bond donors (Lipinski definition) is 1. The van der Waals surface area contributed by atoms with E-state index in [1.165, 1.54) is 90.3 Å². The van der Waals surface area contributed by atoms with Crippen LogP contribution in [0.25, 0.3) is 0 Å². The van der Waals surface area contributed by atoms with E-state index in [0.29, 0.717) is 0 Å². The number of rotatable bonds is 4. The van der Waals surface area contributed by atoms with Crippen molar-refractivity contribution in [2.24, 2.45) is 17.8 Å². The summed E-state index contributed by atoms with van der Waals surface area (Å²) >= 11 is 0. The molecule has 0 aromatic heterocycles. The first-order chi connectivity index (χ1) is 10.4. The highest BCUT2D eigenvalue weighted by atomic mass is 15.2. The minimum Gasteiger partial charge on any atom is -0.311 e. The van der Waals surface area contributed by atoms with Gasteiger partial charge < -0.3 is 5.32 Å². The molecule has 4 fully saturated rings. The standard InChI is InChI=1S/C19H34N2/c1-2-8-16(9-3-1)18-14-21(13-15-6-4-5-7-15)19(12-20-18)17-10-11-17/h15-20H,1-14H2. The van der Waals surface area contributed by atoms with E-state index in [2.05, 4.69) is 10.2 Å². The van der Waals surface area contributed by atoms with E-state index in [1.807, 2.05) is 0 Å². The van der Waals surface area contributed by atoms with Gasteiger partial charge in [0.1, 0.15) is 0 Å². The lowest BCUT2D eigenvalue weighted by atomic mass is 9.82. The highest BCUT2D eigenvalue weighted by Gasteiger charge is 2.41. The first-order valence-corrected chi connectivity index (χ1v) is 9.87. The lowest BCUT2D eigenvalue weighted by Crippen LogP contribution is -2.60. The molecule has 3 aliphatic carbocycles. The molecule has 1 N–H and O–H groups in total. The van der Waals surface area contributed by atoms with Crippen molar-refractivity contribution in [3.05, 3.63) is 0 Å². The monoisotopic (exact) mass is 290 g/mol. The molecule has 2 unspecified atom stereocenters. The summed E-state index contributed by atoms with van der Waals surface area (Å²) < 4.78 is 0. The highest BCUT2D eigenvalue weighted by molar-refractivity contribution is 4.97. The SMILES string of the molecule is C1CCC(C2CN(CC3CCCC3)C(C3CC3)CN2)CC1. The fourth-order valence-corrected chi connectivity index (χ4v) is 5.39. The Labute approximate surface area is 131 Å². The zero-order chi connectivity index (χ0) is 14.1. The zero-order valence-electron chi connectivity index (χ0n) is 13.7. The van der Waals surface area contributed by atoms with E-state index < -0.39 is 0 Å². The maximum absolute atomic E-state index is 3.97. The van der Waals surface area contributed by atoms with Gasteiger partial charge in [0, 0.05) is 31.7 Å². The van der Waals surface area contributed by atoms with Gasteiger partial charge >= 0.3 is 0 Å². The predicted molar refractivity (Wildman–Crippen MR) is 88.4 cm³/mol. The molecule has 0 aromatic carbocycles. The Morgan fingerprint density at radius 3 is 2.19 bits per heavy atom. The Morgan fingerprint density at radius 1 is 0.762 bits per heavy atom. The zero-order valence-corrected chi connectivity index (χ0v) is 13.7. The third kappa shape index (κ3) is 3.47. The summed E-state index contributed by atoms with van der Waals surface area (Å²) in [6, 6.07) is 1.69. The molecule has 4 rings (SSSR count). The lowest BCUT2D eigenvalue weighted by molar-refractivity contribution is 0.0711. The van der Waals surface area contributed by atoms with Crippen LogP contribution in [0.15, 0.2) is 0 Å². The van der Waals surface area contributed by atoms with E-state index in [9.17, 15) is 0 Å². The van der Waals surface area contributed by atoms with E-state index in [0.717, 1.165) is 29.8 Å². The Kier molecular flexibility index (Phi) is 4.55. The molecule has 1 saturated heterocycles. The number of hydrogen-bond acceptors (Lipinski definition) is 2. The van der Waals surface area contributed by atoms with E-state index >= 15 is 0 Å². The first-order valence-electron chi connectivity index (χ1n) is 9.87. The van der Waals surface area contributed by atoms with Crippen molar-refractivity contribution in [3.8, 4) is 0 Å². The van der Waals surface area contributed by atoms with Crippen molar-refractivity contribution < 1.29 is 0 Å². The van der Waals surface area contributed by atoms with Crippen molar-refractivity contribution in [1.29, 1.82) is 0 Å². The first kappa shape index (κ1) is 14.5. The van der Waals surface area contributed by atoms with Crippen LogP contribution < -0.4 is 5.32 Å². The summed E-state index contributed by atoms with van der Waals surface area (Å²) in [6.45, 7) is 4.08. The van der Waals surface area contributed by atoms with Gasteiger partial charge in [-0.05, 0) is 56.3 Å². The van der Waals surface area contributed by atoms with Crippen molar-refractivity contribution in [1.82, 2.24) is 10.2 Å².